The van der Waals surface area contributed by atoms with Crippen molar-refractivity contribution < 1.29 is 33.8 Å². The quantitative estimate of drug-likeness (QED) is 0.275. The van der Waals surface area contributed by atoms with Crippen LogP contribution in [0.5, 0.6) is 0 Å². The molecule has 1 aromatic carbocycles. The SMILES string of the molecule is CCCCN1CC=C[C@@]23O[C@H]4/C=C\CCC(=O)NC[C@H](c5ccccc5)OC(=O)[C@H]4[C@@H]2C(=O)N(CCCCO)[C@H]3C1=O. The summed E-state index contributed by atoms with van der Waals surface area (Å²) in [5.41, 5.74) is -0.620. The zero-order valence-electron chi connectivity index (χ0n) is 24.2. The summed E-state index contributed by atoms with van der Waals surface area (Å²) in [5.74, 6) is -3.22. The molecule has 0 aliphatic carbocycles. The third-order valence-corrected chi connectivity index (χ3v) is 8.72. The number of benzene rings is 1. The number of fused-ring (bicyclic) bond motifs is 2. The molecule has 42 heavy (non-hydrogen) atoms. The van der Waals surface area contributed by atoms with Gasteiger partial charge in [-0.25, -0.2) is 0 Å². The first-order valence-electron chi connectivity index (χ1n) is 15.2. The van der Waals surface area contributed by atoms with E-state index in [4.69, 9.17) is 9.47 Å². The minimum absolute atomic E-state index is 0.0204. The average Bonchev–Trinajstić information content (AvgIpc) is 3.37. The van der Waals surface area contributed by atoms with Gasteiger partial charge in [0.1, 0.15) is 23.7 Å². The van der Waals surface area contributed by atoms with Gasteiger partial charge in [0.15, 0.2) is 0 Å². The molecule has 0 unspecified atom stereocenters. The highest BCUT2D eigenvalue weighted by Gasteiger charge is 2.71. The summed E-state index contributed by atoms with van der Waals surface area (Å²) in [6, 6.07) is 8.26. The average molecular weight is 580 g/mol. The third kappa shape index (κ3) is 5.74. The number of ether oxygens (including phenoxy) is 2. The summed E-state index contributed by atoms with van der Waals surface area (Å²) in [6.07, 6.45) is 9.11. The number of carbonyl (C=O) groups is 4. The summed E-state index contributed by atoms with van der Waals surface area (Å²) < 4.78 is 12.8. The number of nitrogens with one attached hydrogen (secondary N) is 1. The van der Waals surface area contributed by atoms with E-state index in [-0.39, 0.29) is 43.8 Å². The standard InChI is InChI=1S/C32H41N3O7/c1-2-3-17-34-18-11-16-32-27(29(38)35(19-9-10-20-36)28(32)30(34)39)26-23(42-32)14-7-8-15-25(37)33-21-24(41-31(26)40)22-12-5-4-6-13-22/h4-7,11-14,16,23-24,26-28,36H,2-3,8-10,15,17-21H2,1H3,(H,33,37)/b14-7-/t23-,24+,26+,27+,28-,32+/m0/s1. The fourth-order valence-corrected chi connectivity index (χ4v) is 6.64. The lowest BCUT2D eigenvalue weighted by atomic mass is 9.78. The van der Waals surface area contributed by atoms with Gasteiger partial charge in [0.2, 0.25) is 17.7 Å². The lowest BCUT2D eigenvalue weighted by Crippen LogP contribution is -2.55. The van der Waals surface area contributed by atoms with E-state index in [1.807, 2.05) is 42.5 Å². The highest BCUT2D eigenvalue weighted by Crippen LogP contribution is 2.53. The van der Waals surface area contributed by atoms with E-state index < -0.39 is 41.7 Å². The third-order valence-electron chi connectivity index (χ3n) is 8.72. The largest absolute Gasteiger partial charge is 0.455 e. The predicted octanol–water partition coefficient (Wildman–Crippen LogP) is 2.29. The molecule has 10 heteroatoms. The Morgan fingerprint density at radius 3 is 2.60 bits per heavy atom. The molecule has 4 aliphatic heterocycles. The number of cyclic esters (lactones) is 1. The second kappa shape index (κ2) is 13.2. The monoisotopic (exact) mass is 579 g/mol. The van der Waals surface area contributed by atoms with E-state index in [0.717, 1.165) is 18.4 Å². The summed E-state index contributed by atoms with van der Waals surface area (Å²) in [7, 11) is 0. The molecular formula is C32H41N3O7. The molecule has 3 amide bonds. The first kappa shape index (κ1) is 30.0. The second-order valence-corrected chi connectivity index (χ2v) is 11.5. The lowest BCUT2D eigenvalue weighted by molar-refractivity contribution is -0.160. The number of aliphatic hydroxyl groups excluding tert-OH is 1. The molecule has 0 bridgehead atoms. The van der Waals surface area contributed by atoms with Gasteiger partial charge in [-0.15, -0.1) is 0 Å². The van der Waals surface area contributed by atoms with Crippen molar-refractivity contribution in [3.63, 3.8) is 0 Å². The highest BCUT2D eigenvalue weighted by atomic mass is 16.6. The number of esters is 1. The molecule has 1 aromatic rings. The van der Waals surface area contributed by atoms with Crippen molar-refractivity contribution >= 4 is 23.7 Å². The van der Waals surface area contributed by atoms with Crippen LogP contribution in [-0.4, -0.2) is 89.1 Å². The summed E-state index contributed by atoms with van der Waals surface area (Å²) >= 11 is 0. The predicted molar refractivity (Wildman–Crippen MR) is 154 cm³/mol. The number of unbranched alkanes of at least 4 members (excludes halogenated alkanes) is 2. The Balaban J connectivity index is 1.55. The van der Waals surface area contributed by atoms with E-state index in [2.05, 4.69) is 12.2 Å². The van der Waals surface area contributed by atoms with Gasteiger partial charge in [-0.05, 0) is 31.2 Å². The molecule has 1 spiro atoms. The number of aliphatic hydroxyl groups is 1. The Labute approximate surface area is 246 Å². The van der Waals surface area contributed by atoms with Crippen LogP contribution in [0.3, 0.4) is 0 Å². The van der Waals surface area contributed by atoms with Crippen LogP contribution < -0.4 is 5.32 Å². The van der Waals surface area contributed by atoms with Gasteiger partial charge in [0.05, 0.1) is 18.6 Å². The molecule has 10 nitrogen and oxygen atoms in total. The molecule has 0 radical (unpaired) electrons. The number of likely N-dealkylation sites (tertiary alicyclic amines) is 1. The Hall–Kier alpha value is -3.50. The minimum Gasteiger partial charge on any atom is -0.455 e. The topological polar surface area (TPSA) is 125 Å². The van der Waals surface area contributed by atoms with E-state index >= 15 is 0 Å². The van der Waals surface area contributed by atoms with Gasteiger partial charge in [0.25, 0.3) is 0 Å². The highest BCUT2D eigenvalue weighted by molar-refractivity contribution is 5.99. The molecule has 2 saturated heterocycles. The molecule has 0 aromatic heterocycles. The molecule has 0 saturated carbocycles. The second-order valence-electron chi connectivity index (χ2n) is 11.5. The maximum atomic E-state index is 14.3. The van der Waals surface area contributed by atoms with Crippen molar-refractivity contribution in [2.24, 2.45) is 11.8 Å². The molecule has 4 heterocycles. The van der Waals surface area contributed by atoms with Gasteiger partial charge in [0, 0.05) is 32.7 Å². The Morgan fingerprint density at radius 1 is 1.02 bits per heavy atom. The normalized spacial score (nSPS) is 32.2. The van der Waals surface area contributed by atoms with Crippen LogP contribution in [0, 0.1) is 11.8 Å². The molecule has 2 N–H and O–H groups in total. The molecule has 4 aliphatic rings. The molecule has 2 fully saturated rings. The maximum absolute atomic E-state index is 14.3. The molecular weight excluding hydrogens is 538 g/mol. The number of amides is 3. The van der Waals surface area contributed by atoms with Crippen LogP contribution in [0.25, 0.3) is 0 Å². The fraction of sp³-hybridized carbons (Fsp3) is 0.562. The summed E-state index contributed by atoms with van der Waals surface area (Å²) in [5, 5.41) is 12.3. The van der Waals surface area contributed by atoms with Crippen LogP contribution in [0.2, 0.25) is 0 Å². The number of allylic oxidation sites excluding steroid dienone is 1. The number of nitrogens with zero attached hydrogens (tertiary/aromatic N) is 2. The zero-order chi connectivity index (χ0) is 29.7. The van der Waals surface area contributed by atoms with Gasteiger partial charge < -0.3 is 29.7 Å². The van der Waals surface area contributed by atoms with E-state index in [1.165, 1.54) is 0 Å². The Kier molecular flexibility index (Phi) is 9.43. The van der Waals surface area contributed by atoms with Crippen molar-refractivity contribution in [2.75, 3.05) is 32.8 Å². The Bertz CT molecular complexity index is 1220. The van der Waals surface area contributed by atoms with Gasteiger partial charge >= 0.3 is 5.97 Å². The first-order valence-corrected chi connectivity index (χ1v) is 15.2. The van der Waals surface area contributed by atoms with Crippen LogP contribution in [-0.2, 0) is 28.7 Å². The summed E-state index contributed by atoms with van der Waals surface area (Å²) in [4.78, 5) is 58.3. The van der Waals surface area contributed by atoms with Crippen molar-refractivity contribution in [3.8, 4) is 0 Å². The number of hydrogen-bond donors (Lipinski definition) is 2. The van der Waals surface area contributed by atoms with Crippen molar-refractivity contribution in [3.05, 3.63) is 60.2 Å². The number of rotatable bonds is 8. The molecule has 6 atom stereocenters. The van der Waals surface area contributed by atoms with Gasteiger partial charge in [-0.3, -0.25) is 19.2 Å². The van der Waals surface area contributed by atoms with Crippen LogP contribution in [0.1, 0.15) is 57.1 Å². The minimum atomic E-state index is -1.34. The van der Waals surface area contributed by atoms with E-state index in [0.29, 0.717) is 32.4 Å². The van der Waals surface area contributed by atoms with Crippen LogP contribution in [0.15, 0.2) is 54.6 Å². The number of hydrogen-bond acceptors (Lipinski definition) is 7. The zero-order valence-corrected chi connectivity index (χ0v) is 24.2. The van der Waals surface area contributed by atoms with E-state index in [1.54, 1.807) is 22.0 Å². The van der Waals surface area contributed by atoms with Gasteiger partial charge in [-0.2, -0.15) is 0 Å². The summed E-state index contributed by atoms with van der Waals surface area (Å²) in [6.45, 7) is 3.36. The molecule has 226 valence electrons. The Morgan fingerprint density at radius 2 is 1.83 bits per heavy atom. The van der Waals surface area contributed by atoms with Crippen LogP contribution >= 0.6 is 0 Å². The lowest BCUT2D eigenvalue weighted by Gasteiger charge is -2.35. The van der Waals surface area contributed by atoms with Crippen molar-refractivity contribution in [1.82, 2.24) is 15.1 Å². The van der Waals surface area contributed by atoms with E-state index in [9.17, 15) is 24.3 Å². The first-order chi connectivity index (χ1) is 20.4. The maximum Gasteiger partial charge on any atom is 0.313 e. The molecule has 5 rings (SSSR count). The van der Waals surface area contributed by atoms with Crippen LogP contribution in [0.4, 0.5) is 0 Å². The smallest absolute Gasteiger partial charge is 0.313 e. The van der Waals surface area contributed by atoms with Crippen molar-refractivity contribution in [1.29, 1.82) is 0 Å². The van der Waals surface area contributed by atoms with Gasteiger partial charge in [-0.1, -0.05) is 68.0 Å². The van der Waals surface area contributed by atoms with Crippen molar-refractivity contribution in [2.45, 2.75) is 69.3 Å². The fourth-order valence-electron chi connectivity index (χ4n) is 6.64. The number of carbonyl (C=O) groups excluding carboxylic acids is 4.